The normalized spacial score (nSPS) is 12.7. The van der Waals surface area contributed by atoms with Crippen molar-refractivity contribution >= 4 is 54.9 Å². The molecule has 3 aromatic rings. The highest BCUT2D eigenvalue weighted by Crippen LogP contribution is 2.34. The van der Waals surface area contributed by atoms with E-state index in [1.54, 1.807) is 6.92 Å². The van der Waals surface area contributed by atoms with Crippen molar-refractivity contribution in [1.82, 2.24) is 5.32 Å². The van der Waals surface area contributed by atoms with Gasteiger partial charge in [-0.1, -0.05) is 75.5 Å². The maximum atomic E-state index is 13.2. The van der Waals surface area contributed by atoms with Crippen LogP contribution in [0.3, 0.4) is 0 Å². The molecule has 0 unspecified atom stereocenters. The zero-order chi connectivity index (χ0) is 26.2. The van der Waals surface area contributed by atoms with E-state index in [0.717, 1.165) is 22.1 Å². The molecule has 2 atom stereocenters. The molecule has 192 valence electrons. The monoisotopic (exact) mass is 621 g/mol. The van der Waals surface area contributed by atoms with Crippen molar-refractivity contribution < 1.29 is 23.5 Å². The van der Waals surface area contributed by atoms with E-state index < -0.39 is 23.7 Å². The number of hydrogen-bond acceptors (Lipinski definition) is 6. The standard InChI is InChI=1S/C27H29Br2NO6/c1-4-8-22(30-27(33)34-15-18-9-6-5-7-10-18)26(32)36-24-17(3)25-21(16(2)11-23(31)35-25)13-19(24)12-20(29)14-28/h5-7,9-11,13,20,22H,4,8,12,14-15H2,1-3H3,(H,30,33)/t20-,22+/m1/s1. The topological polar surface area (TPSA) is 94.8 Å². The minimum atomic E-state index is -0.901. The van der Waals surface area contributed by atoms with Gasteiger partial charge in [0.15, 0.2) is 0 Å². The summed E-state index contributed by atoms with van der Waals surface area (Å²) in [6.07, 6.45) is 0.876. The highest BCUT2D eigenvalue weighted by Gasteiger charge is 2.26. The number of ether oxygens (including phenoxy) is 2. The van der Waals surface area contributed by atoms with Crippen LogP contribution in [0.4, 0.5) is 4.79 Å². The molecule has 7 nitrogen and oxygen atoms in total. The van der Waals surface area contributed by atoms with Gasteiger partial charge in [-0.15, -0.1) is 0 Å². The zero-order valence-electron chi connectivity index (χ0n) is 20.4. The number of carbonyl (C=O) groups is 2. The summed E-state index contributed by atoms with van der Waals surface area (Å²) in [7, 11) is 0. The first kappa shape index (κ1) is 27.9. The van der Waals surface area contributed by atoms with Gasteiger partial charge in [0.2, 0.25) is 0 Å². The lowest BCUT2D eigenvalue weighted by atomic mass is 9.99. The number of fused-ring (bicyclic) bond motifs is 1. The Morgan fingerprint density at radius 2 is 1.86 bits per heavy atom. The number of halogens is 2. The Morgan fingerprint density at radius 1 is 1.14 bits per heavy atom. The molecule has 0 spiro atoms. The van der Waals surface area contributed by atoms with Crippen LogP contribution in [0.15, 0.2) is 51.7 Å². The van der Waals surface area contributed by atoms with E-state index in [1.165, 1.54) is 6.07 Å². The fraction of sp³-hybridized carbons (Fsp3) is 0.370. The summed E-state index contributed by atoms with van der Waals surface area (Å²) in [6.45, 7) is 5.59. The van der Waals surface area contributed by atoms with Gasteiger partial charge in [-0.2, -0.15) is 0 Å². The molecule has 0 saturated heterocycles. The maximum Gasteiger partial charge on any atom is 0.408 e. The number of nitrogens with one attached hydrogen (secondary N) is 1. The molecule has 9 heteroatoms. The van der Waals surface area contributed by atoms with Crippen molar-refractivity contribution in [1.29, 1.82) is 0 Å². The number of carbonyl (C=O) groups excluding carboxylic acids is 2. The molecule has 1 amide bonds. The third-order valence-corrected chi connectivity index (χ3v) is 7.97. The molecule has 0 saturated carbocycles. The Hall–Kier alpha value is -2.65. The first-order valence-corrected chi connectivity index (χ1v) is 13.7. The molecule has 0 aliphatic carbocycles. The van der Waals surface area contributed by atoms with Gasteiger partial charge in [0.25, 0.3) is 0 Å². The lowest BCUT2D eigenvalue weighted by Crippen LogP contribution is -2.43. The number of amides is 1. The van der Waals surface area contributed by atoms with Crippen LogP contribution in [0.5, 0.6) is 5.75 Å². The number of aryl methyl sites for hydroxylation is 2. The van der Waals surface area contributed by atoms with Crippen LogP contribution in [0.2, 0.25) is 0 Å². The van der Waals surface area contributed by atoms with Gasteiger partial charge in [0.05, 0.1) is 0 Å². The summed E-state index contributed by atoms with van der Waals surface area (Å²) in [5.41, 5.74) is 2.85. The summed E-state index contributed by atoms with van der Waals surface area (Å²) in [4.78, 5) is 37.8. The molecule has 2 aromatic carbocycles. The van der Waals surface area contributed by atoms with Gasteiger partial charge in [-0.05, 0) is 49.4 Å². The third kappa shape index (κ3) is 7.20. The summed E-state index contributed by atoms with van der Waals surface area (Å²) in [5.74, 6) is -0.288. The molecular weight excluding hydrogens is 594 g/mol. The van der Waals surface area contributed by atoms with Crippen molar-refractivity contribution in [2.45, 2.75) is 57.5 Å². The number of esters is 1. The Morgan fingerprint density at radius 3 is 2.53 bits per heavy atom. The van der Waals surface area contributed by atoms with Crippen LogP contribution in [0.25, 0.3) is 11.0 Å². The largest absolute Gasteiger partial charge is 0.445 e. The minimum Gasteiger partial charge on any atom is -0.445 e. The molecule has 1 aromatic heterocycles. The van der Waals surface area contributed by atoms with Crippen molar-refractivity contribution in [3.05, 3.63) is 75.1 Å². The average molecular weight is 623 g/mol. The highest BCUT2D eigenvalue weighted by molar-refractivity contribution is 9.12. The molecule has 3 rings (SSSR count). The Bertz CT molecular complexity index is 1270. The van der Waals surface area contributed by atoms with Crippen LogP contribution in [-0.4, -0.2) is 28.3 Å². The minimum absolute atomic E-state index is 0.0837. The summed E-state index contributed by atoms with van der Waals surface area (Å²) < 4.78 is 16.6. The zero-order valence-corrected chi connectivity index (χ0v) is 23.6. The average Bonchev–Trinajstić information content (AvgIpc) is 2.86. The van der Waals surface area contributed by atoms with Gasteiger partial charge in [0, 0.05) is 27.2 Å². The fourth-order valence-electron chi connectivity index (χ4n) is 3.86. The Kier molecular flexibility index (Phi) is 10.1. The van der Waals surface area contributed by atoms with Crippen LogP contribution in [0, 0.1) is 13.8 Å². The number of hydrogen-bond donors (Lipinski definition) is 1. The van der Waals surface area contributed by atoms with Crippen LogP contribution in [-0.2, 0) is 22.6 Å². The lowest BCUT2D eigenvalue weighted by Gasteiger charge is -2.20. The van der Waals surface area contributed by atoms with E-state index in [2.05, 4.69) is 37.2 Å². The first-order chi connectivity index (χ1) is 17.2. The molecule has 0 fully saturated rings. The van der Waals surface area contributed by atoms with Gasteiger partial charge in [0.1, 0.15) is 24.0 Å². The van der Waals surface area contributed by atoms with E-state index in [9.17, 15) is 14.4 Å². The summed E-state index contributed by atoms with van der Waals surface area (Å²) in [6, 6.07) is 11.7. The SMILES string of the molecule is CCC[C@H](NC(=O)OCc1ccccc1)C(=O)Oc1c(C[C@@H](Br)CBr)cc2c(C)cc(=O)oc2c1C. The number of alkyl carbamates (subject to hydrolysis) is 1. The summed E-state index contributed by atoms with van der Waals surface area (Å²) in [5, 5.41) is 4.10. The maximum absolute atomic E-state index is 13.2. The number of rotatable bonds is 10. The number of alkyl halides is 2. The molecule has 0 aliphatic heterocycles. The van der Waals surface area contributed by atoms with Crippen molar-refractivity contribution in [3.8, 4) is 5.75 Å². The van der Waals surface area contributed by atoms with Crippen molar-refractivity contribution in [2.24, 2.45) is 0 Å². The van der Waals surface area contributed by atoms with E-state index in [-0.39, 0.29) is 11.4 Å². The van der Waals surface area contributed by atoms with E-state index in [0.29, 0.717) is 41.5 Å². The van der Waals surface area contributed by atoms with E-state index in [1.807, 2.05) is 50.2 Å². The van der Waals surface area contributed by atoms with Crippen LogP contribution in [0.1, 0.15) is 42.0 Å². The van der Waals surface area contributed by atoms with Gasteiger partial charge in [-0.3, -0.25) is 0 Å². The predicted molar refractivity (Wildman–Crippen MR) is 146 cm³/mol. The van der Waals surface area contributed by atoms with Gasteiger partial charge in [-0.25, -0.2) is 14.4 Å². The molecule has 1 heterocycles. The van der Waals surface area contributed by atoms with E-state index in [4.69, 9.17) is 13.9 Å². The smallest absolute Gasteiger partial charge is 0.408 e. The fourth-order valence-corrected chi connectivity index (χ4v) is 4.44. The van der Waals surface area contributed by atoms with Crippen molar-refractivity contribution in [3.63, 3.8) is 0 Å². The summed E-state index contributed by atoms with van der Waals surface area (Å²) >= 11 is 7.09. The third-order valence-electron chi connectivity index (χ3n) is 5.68. The molecule has 1 N–H and O–H groups in total. The molecule has 0 bridgehead atoms. The molecule has 0 aliphatic rings. The lowest BCUT2D eigenvalue weighted by molar-refractivity contribution is -0.136. The van der Waals surface area contributed by atoms with Crippen molar-refractivity contribution in [2.75, 3.05) is 5.33 Å². The predicted octanol–water partition coefficient (Wildman–Crippen LogP) is 6.11. The number of benzene rings is 2. The van der Waals surface area contributed by atoms with Crippen LogP contribution < -0.4 is 15.7 Å². The molecule has 0 radical (unpaired) electrons. The second kappa shape index (κ2) is 13.1. The van der Waals surface area contributed by atoms with Crippen LogP contribution >= 0.6 is 31.9 Å². The highest BCUT2D eigenvalue weighted by atomic mass is 79.9. The second-order valence-corrected chi connectivity index (χ2v) is 10.5. The quantitative estimate of drug-likeness (QED) is 0.127. The van der Waals surface area contributed by atoms with Gasteiger partial charge >= 0.3 is 17.7 Å². The van der Waals surface area contributed by atoms with Gasteiger partial charge < -0.3 is 19.2 Å². The van der Waals surface area contributed by atoms with E-state index >= 15 is 0 Å². The first-order valence-electron chi connectivity index (χ1n) is 11.7. The Labute approximate surface area is 226 Å². The molecular formula is C27H29Br2NO6. The Balaban J connectivity index is 1.86. The molecule has 36 heavy (non-hydrogen) atoms. The second-order valence-electron chi connectivity index (χ2n) is 8.54.